The Kier molecular flexibility index (Phi) is 6.60. The molecule has 0 aliphatic carbocycles. The van der Waals surface area contributed by atoms with E-state index in [-0.39, 0.29) is 31.1 Å². The van der Waals surface area contributed by atoms with E-state index >= 15 is 0 Å². The number of amides is 2. The highest BCUT2D eigenvalue weighted by Crippen LogP contribution is 2.14. The number of benzene rings is 1. The lowest BCUT2D eigenvalue weighted by molar-refractivity contribution is -0.140. The second kappa shape index (κ2) is 9.32. The molecule has 0 saturated carbocycles. The van der Waals surface area contributed by atoms with Crippen molar-refractivity contribution in [1.82, 2.24) is 14.8 Å². The van der Waals surface area contributed by atoms with Gasteiger partial charge in [0.25, 0.3) is 5.91 Å². The van der Waals surface area contributed by atoms with Gasteiger partial charge >= 0.3 is 0 Å². The molecule has 3 rings (SSSR count). The van der Waals surface area contributed by atoms with E-state index in [2.05, 4.69) is 4.98 Å². The molecule has 0 spiro atoms. The first kappa shape index (κ1) is 19.8. The van der Waals surface area contributed by atoms with Crippen LogP contribution in [0.3, 0.4) is 0 Å². The topological polar surface area (TPSA) is 72.0 Å². The smallest absolute Gasteiger partial charge is 0.261 e. The molecule has 1 unspecified atom stereocenters. The maximum Gasteiger partial charge on any atom is 0.261 e. The van der Waals surface area contributed by atoms with Crippen LogP contribution in [0.4, 0.5) is 0 Å². The number of carbonyl (C=O) groups excluding carboxylic acids is 2. The molecule has 1 atom stereocenters. The molecule has 2 aromatic rings. The summed E-state index contributed by atoms with van der Waals surface area (Å²) < 4.78 is 11.1. The number of hydrogen-bond acceptors (Lipinski definition) is 5. The summed E-state index contributed by atoms with van der Waals surface area (Å²) >= 11 is 0. The third kappa shape index (κ3) is 5.29. The zero-order valence-electron chi connectivity index (χ0n) is 16.2. The van der Waals surface area contributed by atoms with Crippen LogP contribution in [0.5, 0.6) is 5.75 Å². The van der Waals surface area contributed by atoms with Crippen LogP contribution in [0.1, 0.15) is 11.1 Å². The van der Waals surface area contributed by atoms with Crippen LogP contribution >= 0.6 is 0 Å². The molecule has 1 saturated heterocycles. The number of methoxy groups -OCH3 is 1. The van der Waals surface area contributed by atoms with Crippen LogP contribution in [0, 0.1) is 6.92 Å². The molecule has 2 heterocycles. The molecular weight excluding hydrogens is 358 g/mol. The van der Waals surface area contributed by atoms with Crippen LogP contribution in [-0.4, -0.2) is 66.1 Å². The first-order valence-corrected chi connectivity index (χ1v) is 9.22. The van der Waals surface area contributed by atoms with Gasteiger partial charge in [0, 0.05) is 39.1 Å². The Morgan fingerprint density at radius 1 is 1.21 bits per heavy atom. The zero-order valence-corrected chi connectivity index (χ0v) is 16.2. The predicted molar refractivity (Wildman–Crippen MR) is 104 cm³/mol. The SMILES string of the molecule is COC1CN(C(=O)COc2ccc(C)cc2)CC(=O)N(Cc2cccnc2)C1. The fraction of sp³-hybridized carbons (Fsp3) is 0.381. The second-order valence-electron chi connectivity index (χ2n) is 6.87. The average molecular weight is 383 g/mol. The Hall–Kier alpha value is -2.93. The van der Waals surface area contributed by atoms with Gasteiger partial charge in [0.1, 0.15) is 5.75 Å². The van der Waals surface area contributed by atoms with Crippen LogP contribution in [0.15, 0.2) is 48.8 Å². The highest BCUT2D eigenvalue weighted by molar-refractivity contribution is 5.86. The third-order valence-electron chi connectivity index (χ3n) is 4.69. The third-order valence-corrected chi connectivity index (χ3v) is 4.69. The molecule has 28 heavy (non-hydrogen) atoms. The second-order valence-corrected chi connectivity index (χ2v) is 6.87. The molecule has 2 amide bonds. The van der Waals surface area contributed by atoms with Crippen LogP contribution < -0.4 is 4.74 Å². The molecule has 0 N–H and O–H groups in total. The maximum absolute atomic E-state index is 12.7. The van der Waals surface area contributed by atoms with Gasteiger partial charge in [0.05, 0.1) is 12.6 Å². The summed E-state index contributed by atoms with van der Waals surface area (Å²) in [4.78, 5) is 32.7. The number of ether oxygens (including phenoxy) is 2. The fourth-order valence-corrected chi connectivity index (χ4v) is 3.05. The summed E-state index contributed by atoms with van der Waals surface area (Å²) in [7, 11) is 1.59. The van der Waals surface area contributed by atoms with Crippen molar-refractivity contribution >= 4 is 11.8 Å². The molecule has 1 aromatic carbocycles. The minimum atomic E-state index is -0.258. The number of carbonyl (C=O) groups is 2. The van der Waals surface area contributed by atoms with E-state index in [0.717, 1.165) is 11.1 Å². The summed E-state index contributed by atoms with van der Waals surface area (Å²) in [5.74, 6) is 0.271. The van der Waals surface area contributed by atoms with Crippen molar-refractivity contribution in [3.05, 3.63) is 59.9 Å². The minimum absolute atomic E-state index is 0.0101. The monoisotopic (exact) mass is 383 g/mol. The fourth-order valence-electron chi connectivity index (χ4n) is 3.05. The van der Waals surface area contributed by atoms with Crippen molar-refractivity contribution in [2.45, 2.75) is 19.6 Å². The molecule has 1 fully saturated rings. The first-order chi connectivity index (χ1) is 13.5. The van der Waals surface area contributed by atoms with Crippen LogP contribution in [0.2, 0.25) is 0 Å². The van der Waals surface area contributed by atoms with Crippen molar-refractivity contribution in [2.75, 3.05) is 33.4 Å². The Morgan fingerprint density at radius 2 is 2.00 bits per heavy atom. The molecule has 7 nitrogen and oxygen atoms in total. The summed E-state index contributed by atoms with van der Waals surface area (Å²) in [6.07, 6.45) is 3.17. The highest BCUT2D eigenvalue weighted by atomic mass is 16.5. The Labute approximate surface area is 164 Å². The molecule has 1 aliphatic rings. The standard InChI is InChI=1S/C21H25N3O4/c1-16-5-7-18(8-6-16)28-15-21(26)24-13-19(27-2)12-23(20(25)14-24)11-17-4-3-9-22-10-17/h3-10,19H,11-15H2,1-2H3. The number of aryl methyl sites for hydroxylation is 1. The largest absolute Gasteiger partial charge is 0.484 e. The van der Waals surface area contributed by atoms with Gasteiger partial charge < -0.3 is 19.3 Å². The molecule has 148 valence electrons. The van der Waals surface area contributed by atoms with Gasteiger partial charge in [0.15, 0.2) is 6.61 Å². The molecule has 1 aliphatic heterocycles. The maximum atomic E-state index is 12.7. The molecule has 0 bridgehead atoms. The van der Waals surface area contributed by atoms with Crippen molar-refractivity contribution in [2.24, 2.45) is 0 Å². The van der Waals surface area contributed by atoms with Crippen molar-refractivity contribution in [3.8, 4) is 5.75 Å². The number of rotatable bonds is 6. The molecular formula is C21H25N3O4. The van der Waals surface area contributed by atoms with Gasteiger partial charge in [-0.15, -0.1) is 0 Å². The van der Waals surface area contributed by atoms with Gasteiger partial charge in [0.2, 0.25) is 5.91 Å². The molecule has 1 aromatic heterocycles. The number of pyridine rings is 1. The van der Waals surface area contributed by atoms with E-state index < -0.39 is 0 Å². The minimum Gasteiger partial charge on any atom is -0.484 e. The summed E-state index contributed by atoms with van der Waals surface area (Å²) in [6.45, 7) is 3.09. The van der Waals surface area contributed by atoms with E-state index in [1.807, 2.05) is 43.3 Å². The Bertz CT molecular complexity index is 795. The van der Waals surface area contributed by atoms with E-state index in [9.17, 15) is 9.59 Å². The molecule has 7 heteroatoms. The van der Waals surface area contributed by atoms with Crippen LogP contribution in [-0.2, 0) is 20.9 Å². The van der Waals surface area contributed by atoms with Crippen molar-refractivity contribution < 1.29 is 19.1 Å². The summed E-state index contributed by atoms with van der Waals surface area (Å²) in [5.41, 5.74) is 2.06. The van der Waals surface area contributed by atoms with Gasteiger partial charge in [-0.2, -0.15) is 0 Å². The van der Waals surface area contributed by atoms with Crippen molar-refractivity contribution in [3.63, 3.8) is 0 Å². The van der Waals surface area contributed by atoms with E-state index in [4.69, 9.17) is 9.47 Å². The summed E-state index contributed by atoms with van der Waals surface area (Å²) in [6, 6.07) is 11.3. The number of nitrogens with zero attached hydrogens (tertiary/aromatic N) is 3. The lowest BCUT2D eigenvalue weighted by Crippen LogP contribution is -2.42. The Balaban J connectivity index is 1.62. The van der Waals surface area contributed by atoms with Gasteiger partial charge in [-0.05, 0) is 30.7 Å². The van der Waals surface area contributed by atoms with Gasteiger partial charge in [-0.1, -0.05) is 23.8 Å². The first-order valence-electron chi connectivity index (χ1n) is 9.22. The average Bonchev–Trinajstić information content (AvgIpc) is 2.87. The lowest BCUT2D eigenvalue weighted by Gasteiger charge is -2.23. The number of hydrogen-bond donors (Lipinski definition) is 0. The normalized spacial score (nSPS) is 17.4. The van der Waals surface area contributed by atoms with Gasteiger partial charge in [-0.3, -0.25) is 14.6 Å². The highest BCUT2D eigenvalue weighted by Gasteiger charge is 2.30. The number of aromatic nitrogens is 1. The zero-order chi connectivity index (χ0) is 19.9. The van der Waals surface area contributed by atoms with E-state index in [1.54, 1.807) is 24.4 Å². The lowest BCUT2D eigenvalue weighted by atomic mass is 10.2. The quantitative estimate of drug-likeness (QED) is 0.759. The van der Waals surface area contributed by atoms with Crippen LogP contribution in [0.25, 0.3) is 0 Å². The van der Waals surface area contributed by atoms with E-state index in [1.165, 1.54) is 4.90 Å². The predicted octanol–water partition coefficient (Wildman–Crippen LogP) is 1.65. The summed E-state index contributed by atoms with van der Waals surface area (Å²) in [5, 5.41) is 0. The van der Waals surface area contributed by atoms with Gasteiger partial charge in [-0.25, -0.2) is 0 Å². The molecule has 0 radical (unpaired) electrons. The Morgan fingerprint density at radius 3 is 2.68 bits per heavy atom. The van der Waals surface area contributed by atoms with E-state index in [0.29, 0.717) is 25.4 Å². The van der Waals surface area contributed by atoms with Crippen molar-refractivity contribution in [1.29, 1.82) is 0 Å².